The zero-order valence-electron chi connectivity index (χ0n) is 13.9. The number of nitrogens with one attached hydrogen (secondary N) is 1. The van der Waals surface area contributed by atoms with Crippen LogP contribution in [0.2, 0.25) is 0 Å². The van der Waals surface area contributed by atoms with E-state index in [9.17, 15) is 4.79 Å². The van der Waals surface area contributed by atoms with Crippen LogP contribution in [0.5, 0.6) is 5.75 Å². The third-order valence-electron chi connectivity index (χ3n) is 3.38. The predicted octanol–water partition coefficient (Wildman–Crippen LogP) is 2.82. The SMILES string of the molecule is COc1ccc(CN(C)C(=O)Nc2ccc(N(C)C)nc2)cc1. The minimum absolute atomic E-state index is 0.180. The zero-order chi connectivity index (χ0) is 16.8. The van der Waals surface area contributed by atoms with Gasteiger partial charge in [0.2, 0.25) is 0 Å². The average Bonchev–Trinajstić information content (AvgIpc) is 2.56. The van der Waals surface area contributed by atoms with Gasteiger partial charge in [-0.1, -0.05) is 12.1 Å². The summed E-state index contributed by atoms with van der Waals surface area (Å²) in [5.41, 5.74) is 1.70. The number of hydrogen-bond donors (Lipinski definition) is 1. The minimum atomic E-state index is -0.180. The van der Waals surface area contributed by atoms with E-state index in [0.717, 1.165) is 17.1 Å². The van der Waals surface area contributed by atoms with E-state index in [1.165, 1.54) is 0 Å². The molecule has 1 heterocycles. The standard InChI is InChI=1S/C17H22N4O2/c1-20(2)16-10-7-14(11-18-16)19-17(22)21(3)12-13-5-8-15(23-4)9-6-13/h5-11H,12H2,1-4H3,(H,19,22). The molecule has 0 aliphatic heterocycles. The van der Waals surface area contributed by atoms with Gasteiger partial charge in [0.15, 0.2) is 0 Å². The molecule has 122 valence electrons. The largest absolute Gasteiger partial charge is 0.497 e. The van der Waals surface area contributed by atoms with Gasteiger partial charge in [-0.3, -0.25) is 0 Å². The molecular formula is C17H22N4O2. The molecule has 0 saturated carbocycles. The van der Waals surface area contributed by atoms with Crippen LogP contribution in [-0.4, -0.2) is 44.2 Å². The second kappa shape index (κ2) is 7.49. The van der Waals surface area contributed by atoms with Gasteiger partial charge in [0.1, 0.15) is 11.6 Å². The third-order valence-corrected chi connectivity index (χ3v) is 3.38. The highest BCUT2D eigenvalue weighted by Gasteiger charge is 2.10. The van der Waals surface area contributed by atoms with Crippen LogP contribution in [0.1, 0.15) is 5.56 Å². The van der Waals surface area contributed by atoms with Gasteiger partial charge in [0.25, 0.3) is 0 Å². The van der Waals surface area contributed by atoms with Gasteiger partial charge in [-0.2, -0.15) is 0 Å². The molecule has 2 amide bonds. The number of pyridine rings is 1. The molecule has 1 aromatic heterocycles. The van der Waals surface area contributed by atoms with Crippen LogP contribution >= 0.6 is 0 Å². The molecule has 6 nitrogen and oxygen atoms in total. The van der Waals surface area contributed by atoms with E-state index in [1.54, 1.807) is 25.3 Å². The zero-order valence-corrected chi connectivity index (χ0v) is 13.9. The molecule has 23 heavy (non-hydrogen) atoms. The van der Waals surface area contributed by atoms with Crippen LogP contribution in [-0.2, 0) is 6.54 Å². The molecule has 1 aromatic carbocycles. The van der Waals surface area contributed by atoms with E-state index in [1.807, 2.05) is 55.4 Å². The van der Waals surface area contributed by atoms with Crippen LogP contribution in [0.15, 0.2) is 42.6 Å². The first-order valence-corrected chi connectivity index (χ1v) is 7.28. The van der Waals surface area contributed by atoms with E-state index in [-0.39, 0.29) is 6.03 Å². The fourth-order valence-corrected chi connectivity index (χ4v) is 2.02. The van der Waals surface area contributed by atoms with Crippen molar-refractivity contribution < 1.29 is 9.53 Å². The number of ether oxygens (including phenoxy) is 1. The molecular weight excluding hydrogens is 292 g/mol. The number of methoxy groups -OCH3 is 1. The topological polar surface area (TPSA) is 57.7 Å². The number of nitrogens with zero attached hydrogens (tertiary/aromatic N) is 3. The first kappa shape index (κ1) is 16.6. The predicted molar refractivity (Wildman–Crippen MR) is 92.0 cm³/mol. The Morgan fingerprint density at radius 3 is 2.35 bits per heavy atom. The Bertz CT molecular complexity index is 639. The molecule has 2 rings (SSSR count). The fourth-order valence-electron chi connectivity index (χ4n) is 2.02. The normalized spacial score (nSPS) is 10.1. The lowest BCUT2D eigenvalue weighted by molar-refractivity contribution is 0.220. The highest BCUT2D eigenvalue weighted by molar-refractivity contribution is 5.89. The van der Waals surface area contributed by atoms with Crippen molar-refractivity contribution in [2.24, 2.45) is 0 Å². The van der Waals surface area contributed by atoms with Crippen molar-refractivity contribution in [2.45, 2.75) is 6.54 Å². The summed E-state index contributed by atoms with van der Waals surface area (Å²) >= 11 is 0. The van der Waals surface area contributed by atoms with Crippen molar-refractivity contribution >= 4 is 17.5 Å². The summed E-state index contributed by atoms with van der Waals surface area (Å²) < 4.78 is 5.12. The van der Waals surface area contributed by atoms with E-state index < -0.39 is 0 Å². The van der Waals surface area contributed by atoms with Gasteiger partial charge in [-0.05, 0) is 29.8 Å². The number of benzene rings is 1. The Morgan fingerprint density at radius 1 is 1.13 bits per heavy atom. The van der Waals surface area contributed by atoms with Crippen molar-refractivity contribution in [2.75, 3.05) is 38.5 Å². The van der Waals surface area contributed by atoms with Gasteiger partial charge >= 0.3 is 6.03 Å². The Hall–Kier alpha value is -2.76. The fraction of sp³-hybridized carbons (Fsp3) is 0.294. The number of aromatic nitrogens is 1. The quantitative estimate of drug-likeness (QED) is 0.922. The highest BCUT2D eigenvalue weighted by atomic mass is 16.5. The molecule has 0 bridgehead atoms. The van der Waals surface area contributed by atoms with Crippen LogP contribution in [0.4, 0.5) is 16.3 Å². The number of carbonyl (C=O) groups is 1. The van der Waals surface area contributed by atoms with E-state index in [4.69, 9.17) is 4.74 Å². The van der Waals surface area contributed by atoms with E-state index >= 15 is 0 Å². The van der Waals surface area contributed by atoms with Crippen molar-refractivity contribution in [1.29, 1.82) is 0 Å². The molecule has 0 aliphatic carbocycles. The Kier molecular flexibility index (Phi) is 5.41. The molecule has 0 unspecified atom stereocenters. The number of rotatable bonds is 5. The summed E-state index contributed by atoms with van der Waals surface area (Å²) in [5.74, 6) is 1.64. The van der Waals surface area contributed by atoms with Crippen LogP contribution in [0, 0.1) is 0 Å². The molecule has 0 spiro atoms. The van der Waals surface area contributed by atoms with Gasteiger partial charge in [-0.15, -0.1) is 0 Å². The maximum atomic E-state index is 12.2. The van der Waals surface area contributed by atoms with Crippen molar-refractivity contribution in [3.05, 3.63) is 48.2 Å². The van der Waals surface area contributed by atoms with Crippen molar-refractivity contribution in [3.63, 3.8) is 0 Å². The molecule has 0 fully saturated rings. The molecule has 0 aliphatic rings. The Morgan fingerprint density at radius 2 is 1.83 bits per heavy atom. The number of urea groups is 1. The summed E-state index contributed by atoms with van der Waals surface area (Å²) in [5, 5.41) is 2.83. The Labute approximate surface area is 136 Å². The smallest absolute Gasteiger partial charge is 0.321 e. The number of carbonyl (C=O) groups excluding carboxylic acids is 1. The molecule has 0 atom stereocenters. The Balaban J connectivity index is 1.93. The summed E-state index contributed by atoms with van der Waals surface area (Å²) in [6.45, 7) is 0.513. The molecule has 0 radical (unpaired) electrons. The van der Waals surface area contributed by atoms with Gasteiger partial charge in [0.05, 0.1) is 19.0 Å². The first-order valence-electron chi connectivity index (χ1n) is 7.28. The van der Waals surface area contributed by atoms with Crippen LogP contribution in [0.3, 0.4) is 0 Å². The molecule has 1 N–H and O–H groups in total. The lowest BCUT2D eigenvalue weighted by Crippen LogP contribution is -2.30. The summed E-state index contributed by atoms with van der Waals surface area (Å²) in [7, 11) is 7.22. The van der Waals surface area contributed by atoms with Gasteiger partial charge < -0.3 is 19.9 Å². The highest BCUT2D eigenvalue weighted by Crippen LogP contribution is 2.14. The summed E-state index contributed by atoms with van der Waals surface area (Å²) in [4.78, 5) is 20.0. The number of amides is 2. The second-order valence-electron chi connectivity index (χ2n) is 5.43. The molecule has 6 heteroatoms. The summed E-state index contributed by atoms with van der Waals surface area (Å²) in [6, 6.07) is 11.2. The van der Waals surface area contributed by atoms with Gasteiger partial charge in [0, 0.05) is 27.7 Å². The number of hydrogen-bond acceptors (Lipinski definition) is 4. The van der Waals surface area contributed by atoms with Crippen molar-refractivity contribution in [1.82, 2.24) is 9.88 Å². The number of anilines is 2. The lowest BCUT2D eigenvalue weighted by atomic mass is 10.2. The molecule has 0 saturated heterocycles. The van der Waals surface area contributed by atoms with Gasteiger partial charge in [-0.25, -0.2) is 9.78 Å². The van der Waals surface area contributed by atoms with Crippen molar-refractivity contribution in [3.8, 4) is 5.75 Å². The van der Waals surface area contributed by atoms with E-state index in [2.05, 4.69) is 10.3 Å². The average molecular weight is 314 g/mol. The second-order valence-corrected chi connectivity index (χ2v) is 5.43. The lowest BCUT2D eigenvalue weighted by Gasteiger charge is -2.18. The maximum Gasteiger partial charge on any atom is 0.321 e. The molecule has 2 aromatic rings. The van der Waals surface area contributed by atoms with Crippen LogP contribution in [0.25, 0.3) is 0 Å². The minimum Gasteiger partial charge on any atom is -0.497 e. The maximum absolute atomic E-state index is 12.2. The first-order chi connectivity index (χ1) is 11.0. The summed E-state index contributed by atoms with van der Waals surface area (Å²) in [6.07, 6.45) is 1.65. The van der Waals surface area contributed by atoms with E-state index in [0.29, 0.717) is 12.2 Å². The van der Waals surface area contributed by atoms with Crippen LogP contribution < -0.4 is 15.0 Å². The third kappa shape index (κ3) is 4.60. The monoisotopic (exact) mass is 314 g/mol.